The molecule has 1 spiro atoms. The van der Waals surface area contributed by atoms with Crippen molar-refractivity contribution in [3.63, 3.8) is 0 Å². The van der Waals surface area contributed by atoms with Gasteiger partial charge >= 0.3 is 0 Å². The smallest absolute Gasteiger partial charge is 0.261 e. The molecule has 5 heteroatoms. The van der Waals surface area contributed by atoms with Crippen molar-refractivity contribution in [1.82, 2.24) is 4.90 Å². The van der Waals surface area contributed by atoms with Crippen molar-refractivity contribution in [2.75, 3.05) is 31.1 Å². The maximum absolute atomic E-state index is 14.4. The van der Waals surface area contributed by atoms with Gasteiger partial charge < -0.3 is 4.90 Å². The number of anilines is 1. The summed E-state index contributed by atoms with van der Waals surface area (Å²) in [6, 6.07) is 10.0. The Balaban J connectivity index is 1.74. The van der Waals surface area contributed by atoms with Gasteiger partial charge in [0.15, 0.2) is 11.6 Å². The molecule has 158 valence electrons. The number of likely N-dealkylation sites (tertiary alicyclic amines) is 1. The van der Waals surface area contributed by atoms with Gasteiger partial charge in [0.05, 0.1) is 5.56 Å². The van der Waals surface area contributed by atoms with E-state index in [4.69, 9.17) is 0 Å². The summed E-state index contributed by atoms with van der Waals surface area (Å²) >= 11 is 0. The first-order chi connectivity index (χ1) is 14.4. The molecular formula is C25H28F2N2O. The first-order valence-electron chi connectivity index (χ1n) is 10.6. The molecule has 2 aliphatic rings. The van der Waals surface area contributed by atoms with Crippen molar-refractivity contribution in [3.05, 3.63) is 77.4 Å². The lowest BCUT2D eigenvalue weighted by molar-refractivity contribution is 0.0973. The molecule has 1 amide bonds. The molecule has 1 fully saturated rings. The lowest BCUT2D eigenvalue weighted by Gasteiger charge is -2.39. The maximum Gasteiger partial charge on any atom is 0.261 e. The molecular weight excluding hydrogens is 382 g/mol. The molecule has 0 radical (unpaired) electrons. The summed E-state index contributed by atoms with van der Waals surface area (Å²) in [6.45, 7) is 11.3. The first kappa shape index (κ1) is 20.7. The van der Waals surface area contributed by atoms with Gasteiger partial charge in [-0.1, -0.05) is 38.1 Å². The zero-order chi connectivity index (χ0) is 21.5. The molecule has 4 rings (SSSR count). The van der Waals surface area contributed by atoms with Crippen LogP contribution in [0.25, 0.3) is 0 Å². The van der Waals surface area contributed by atoms with E-state index in [0.29, 0.717) is 12.5 Å². The highest BCUT2D eigenvalue weighted by atomic mass is 19.2. The van der Waals surface area contributed by atoms with Gasteiger partial charge in [-0.3, -0.25) is 9.69 Å². The average molecular weight is 411 g/mol. The van der Waals surface area contributed by atoms with Crippen LogP contribution < -0.4 is 4.90 Å². The number of hydrogen-bond donors (Lipinski definition) is 0. The molecule has 2 heterocycles. The summed E-state index contributed by atoms with van der Waals surface area (Å²) in [5, 5.41) is 0. The van der Waals surface area contributed by atoms with Gasteiger partial charge in [0.1, 0.15) is 0 Å². The summed E-state index contributed by atoms with van der Waals surface area (Å²) in [4.78, 5) is 17.3. The molecule has 0 aliphatic carbocycles. The maximum atomic E-state index is 14.4. The van der Waals surface area contributed by atoms with E-state index in [9.17, 15) is 13.6 Å². The van der Waals surface area contributed by atoms with Crippen molar-refractivity contribution in [2.45, 2.75) is 38.0 Å². The minimum atomic E-state index is -1.08. The van der Waals surface area contributed by atoms with Crippen LogP contribution in [0.1, 0.15) is 54.1 Å². The molecule has 2 aromatic carbocycles. The summed E-state index contributed by atoms with van der Waals surface area (Å²) in [7, 11) is 0. The van der Waals surface area contributed by atoms with E-state index in [1.165, 1.54) is 17.7 Å². The molecule has 0 atom stereocenters. The number of carbonyl (C=O) groups excluding carboxylic acids is 1. The fourth-order valence-corrected chi connectivity index (χ4v) is 4.82. The Morgan fingerprint density at radius 2 is 1.93 bits per heavy atom. The van der Waals surface area contributed by atoms with Gasteiger partial charge in [0, 0.05) is 24.2 Å². The van der Waals surface area contributed by atoms with Gasteiger partial charge in [0.2, 0.25) is 0 Å². The van der Waals surface area contributed by atoms with Gasteiger partial charge in [-0.2, -0.15) is 0 Å². The molecule has 2 aliphatic heterocycles. The molecule has 0 N–H and O–H groups in total. The fourth-order valence-electron chi connectivity index (χ4n) is 4.82. The van der Waals surface area contributed by atoms with Crippen molar-refractivity contribution in [1.29, 1.82) is 0 Å². The zero-order valence-corrected chi connectivity index (χ0v) is 17.6. The number of piperidine rings is 1. The van der Waals surface area contributed by atoms with E-state index < -0.39 is 17.5 Å². The van der Waals surface area contributed by atoms with Crippen LogP contribution >= 0.6 is 0 Å². The molecule has 1 saturated heterocycles. The second kappa shape index (κ2) is 7.95. The number of halogens is 2. The van der Waals surface area contributed by atoms with Gasteiger partial charge in [-0.25, -0.2) is 8.78 Å². The largest absolute Gasteiger partial charge is 0.307 e. The first-order valence-corrected chi connectivity index (χ1v) is 10.6. The monoisotopic (exact) mass is 410 g/mol. The SMILES string of the molecule is C=CCN1CCC2(CC1)CN(C(=O)c1cccc(F)c1F)c1ccc(C(C)C)cc12. The molecule has 0 unspecified atom stereocenters. The third kappa shape index (κ3) is 3.45. The van der Waals surface area contributed by atoms with Crippen LogP contribution in [0, 0.1) is 11.6 Å². The van der Waals surface area contributed by atoms with Crippen molar-refractivity contribution >= 4 is 11.6 Å². The Labute approximate surface area is 177 Å². The number of hydrogen-bond acceptors (Lipinski definition) is 2. The molecule has 2 aromatic rings. The van der Waals surface area contributed by atoms with Crippen LogP contribution in [-0.2, 0) is 5.41 Å². The van der Waals surface area contributed by atoms with Crippen LogP contribution in [0.5, 0.6) is 0 Å². The second-order valence-electron chi connectivity index (χ2n) is 8.79. The highest BCUT2D eigenvalue weighted by Crippen LogP contribution is 2.48. The number of rotatable bonds is 4. The van der Waals surface area contributed by atoms with Gasteiger partial charge in [-0.15, -0.1) is 6.58 Å². The Bertz CT molecular complexity index is 977. The number of amides is 1. The molecule has 3 nitrogen and oxygen atoms in total. The van der Waals surface area contributed by atoms with Crippen molar-refractivity contribution in [3.8, 4) is 0 Å². The average Bonchev–Trinajstić information content (AvgIpc) is 3.05. The Hall–Kier alpha value is -2.53. The van der Waals surface area contributed by atoms with E-state index >= 15 is 0 Å². The van der Waals surface area contributed by atoms with Crippen LogP contribution in [0.15, 0.2) is 49.1 Å². The van der Waals surface area contributed by atoms with Gasteiger partial charge in [0.25, 0.3) is 5.91 Å². The normalized spacial score (nSPS) is 18.1. The Kier molecular flexibility index (Phi) is 5.49. The van der Waals surface area contributed by atoms with E-state index in [0.717, 1.165) is 49.8 Å². The summed E-state index contributed by atoms with van der Waals surface area (Å²) in [5.41, 5.74) is 2.85. The predicted octanol–water partition coefficient (Wildman–Crippen LogP) is 5.27. The van der Waals surface area contributed by atoms with E-state index in [2.05, 4.69) is 31.4 Å². The summed E-state index contributed by atoms with van der Waals surface area (Å²) < 4.78 is 28.2. The van der Waals surface area contributed by atoms with Gasteiger partial charge in [-0.05, 0) is 61.2 Å². The number of nitrogens with zero attached hydrogens (tertiary/aromatic N) is 2. The second-order valence-corrected chi connectivity index (χ2v) is 8.79. The van der Waals surface area contributed by atoms with E-state index in [1.54, 1.807) is 4.90 Å². The number of benzene rings is 2. The van der Waals surface area contributed by atoms with Crippen molar-refractivity contribution < 1.29 is 13.6 Å². The van der Waals surface area contributed by atoms with Crippen LogP contribution in [0.3, 0.4) is 0 Å². The summed E-state index contributed by atoms with van der Waals surface area (Å²) in [5.74, 6) is -2.18. The fraction of sp³-hybridized carbons (Fsp3) is 0.400. The predicted molar refractivity (Wildman–Crippen MR) is 116 cm³/mol. The van der Waals surface area contributed by atoms with E-state index in [1.807, 2.05) is 18.2 Å². The Morgan fingerprint density at radius 3 is 2.60 bits per heavy atom. The summed E-state index contributed by atoms with van der Waals surface area (Å²) in [6.07, 6.45) is 3.76. The Morgan fingerprint density at radius 1 is 1.20 bits per heavy atom. The van der Waals surface area contributed by atoms with E-state index in [-0.39, 0.29) is 11.0 Å². The molecule has 0 bridgehead atoms. The molecule has 30 heavy (non-hydrogen) atoms. The van der Waals surface area contributed by atoms with Crippen LogP contribution in [-0.4, -0.2) is 37.0 Å². The van der Waals surface area contributed by atoms with Crippen molar-refractivity contribution in [2.24, 2.45) is 0 Å². The standard InChI is InChI=1S/C25H28F2N2O/c1-4-12-28-13-10-25(11-14-28)16-29(22-9-8-18(17(2)3)15-20(22)25)24(30)19-6-5-7-21(26)23(19)27/h4-9,15,17H,1,10-14,16H2,2-3H3. The quantitative estimate of drug-likeness (QED) is 0.641. The third-order valence-electron chi connectivity index (χ3n) is 6.64. The lowest BCUT2D eigenvalue weighted by Crippen LogP contribution is -2.46. The zero-order valence-electron chi connectivity index (χ0n) is 17.6. The highest BCUT2D eigenvalue weighted by molar-refractivity contribution is 6.08. The lowest BCUT2D eigenvalue weighted by atomic mass is 9.73. The van der Waals surface area contributed by atoms with Crippen LogP contribution in [0.4, 0.5) is 14.5 Å². The number of carbonyl (C=O) groups is 1. The number of fused-ring (bicyclic) bond motifs is 2. The minimum absolute atomic E-state index is 0.155. The highest BCUT2D eigenvalue weighted by Gasteiger charge is 2.46. The third-order valence-corrected chi connectivity index (χ3v) is 6.64. The van der Waals surface area contributed by atoms with Crippen LogP contribution in [0.2, 0.25) is 0 Å². The topological polar surface area (TPSA) is 23.6 Å². The molecule has 0 saturated carbocycles. The minimum Gasteiger partial charge on any atom is -0.307 e. The molecule has 0 aromatic heterocycles.